The van der Waals surface area contributed by atoms with Crippen LogP contribution in [-0.2, 0) is 9.47 Å². The molecule has 0 aliphatic rings. The number of carbonyl (C=O) groups is 2. The number of esters is 2. The molecule has 0 N–H and O–H groups in total. The Morgan fingerprint density at radius 2 is 1.24 bits per heavy atom. The number of aryl methyl sites for hydroxylation is 2. The van der Waals surface area contributed by atoms with Gasteiger partial charge in [0.1, 0.15) is 0 Å². The summed E-state index contributed by atoms with van der Waals surface area (Å²) >= 11 is -4.05. The van der Waals surface area contributed by atoms with Crippen LogP contribution in [0.25, 0.3) is 0 Å². The number of rotatable bonds is 8. The summed E-state index contributed by atoms with van der Waals surface area (Å²) in [4.78, 5) is 33.4. The Bertz CT molecular complexity index is 844. The monoisotopic (exact) mass is 582 g/mol. The van der Waals surface area contributed by atoms with E-state index in [-0.39, 0.29) is 13.2 Å². The van der Waals surface area contributed by atoms with Crippen molar-refractivity contribution in [2.24, 2.45) is 0 Å². The molecule has 2 aromatic rings. The zero-order chi connectivity index (χ0) is 21.6. The molecule has 0 radical (unpaired) electrons. The van der Waals surface area contributed by atoms with E-state index in [0.29, 0.717) is 21.2 Å². The van der Waals surface area contributed by atoms with E-state index < -0.39 is 25.3 Å². The van der Waals surface area contributed by atoms with Crippen LogP contribution in [0, 0.1) is 13.8 Å². The Balaban J connectivity index is 2.34. The van der Waals surface area contributed by atoms with Crippen molar-refractivity contribution in [3.8, 4) is 0 Å². The Labute approximate surface area is 186 Å². The summed E-state index contributed by atoms with van der Waals surface area (Å²) in [7, 11) is 15.8. The summed E-state index contributed by atoms with van der Waals surface area (Å²) in [5, 5.41) is 0.837. The summed E-state index contributed by atoms with van der Waals surface area (Å²) in [5.74, 6) is -0.965. The fourth-order valence-corrected chi connectivity index (χ4v) is 20.4. The van der Waals surface area contributed by atoms with Gasteiger partial charge in [-0.2, -0.15) is 0 Å². The van der Waals surface area contributed by atoms with Gasteiger partial charge in [0, 0.05) is 0 Å². The number of hydrogen-bond acceptors (Lipinski definition) is 8. The van der Waals surface area contributed by atoms with E-state index >= 15 is 0 Å². The van der Waals surface area contributed by atoms with Crippen molar-refractivity contribution in [3.63, 3.8) is 0 Å². The molecule has 2 rings (SSSR count). The van der Waals surface area contributed by atoms with Gasteiger partial charge in [-0.15, -0.1) is 0 Å². The second kappa shape index (κ2) is 11.1. The molecule has 0 aromatic carbocycles. The van der Waals surface area contributed by atoms with Crippen molar-refractivity contribution in [3.05, 3.63) is 46.8 Å². The first-order valence-electron chi connectivity index (χ1n) is 8.72. The molecule has 0 amide bonds. The predicted octanol–water partition coefficient (Wildman–Crippen LogP) is 5.24. The van der Waals surface area contributed by atoms with Crippen LogP contribution in [0.4, 0.5) is 0 Å². The second-order valence-corrected chi connectivity index (χ2v) is 37.9. The van der Waals surface area contributed by atoms with Gasteiger partial charge in [-0.25, -0.2) is 0 Å². The number of carbonyl (C=O) groups excluding carboxylic acids is 2. The van der Waals surface area contributed by atoms with Crippen LogP contribution in [0.3, 0.4) is 0 Å². The van der Waals surface area contributed by atoms with Gasteiger partial charge < -0.3 is 0 Å². The molecule has 0 fully saturated rings. The van der Waals surface area contributed by atoms with Gasteiger partial charge in [0.25, 0.3) is 0 Å². The van der Waals surface area contributed by atoms with Crippen LogP contribution in [0.2, 0.25) is 0 Å². The Morgan fingerprint density at radius 3 is 1.59 bits per heavy atom. The summed E-state index contributed by atoms with van der Waals surface area (Å²) in [5.41, 5.74) is 2.07. The molecular weight excluding hydrogens is 562 g/mol. The number of hydrogen-bond donors (Lipinski definition) is 0. The van der Waals surface area contributed by atoms with E-state index in [4.69, 9.17) is 27.3 Å². The maximum atomic E-state index is 12.3. The van der Waals surface area contributed by atoms with E-state index in [0.717, 1.165) is 11.4 Å². The molecule has 11 heteroatoms. The quantitative estimate of drug-likeness (QED) is 0.309. The second-order valence-electron chi connectivity index (χ2n) is 5.72. The van der Waals surface area contributed by atoms with E-state index in [9.17, 15) is 9.59 Å². The van der Waals surface area contributed by atoms with Gasteiger partial charge in [-0.05, 0) is 0 Å². The molecule has 0 unspecified atom stereocenters. The molecule has 0 aliphatic heterocycles. The van der Waals surface area contributed by atoms with Gasteiger partial charge in [0.15, 0.2) is 0 Å². The van der Waals surface area contributed by atoms with Crippen molar-refractivity contribution in [2.75, 3.05) is 13.2 Å². The molecule has 2 heterocycles. The van der Waals surface area contributed by atoms with E-state index in [2.05, 4.69) is 9.97 Å². The number of ether oxygens (including phenoxy) is 2. The van der Waals surface area contributed by atoms with Crippen molar-refractivity contribution in [1.82, 2.24) is 9.97 Å². The molecule has 0 atom stereocenters. The van der Waals surface area contributed by atoms with Crippen LogP contribution in [0.15, 0.2) is 34.3 Å². The minimum absolute atomic E-state index is 0.248. The van der Waals surface area contributed by atoms with Crippen LogP contribution in [0.1, 0.15) is 46.0 Å². The van der Waals surface area contributed by atoms with Gasteiger partial charge in [0.2, 0.25) is 0 Å². The topological polar surface area (TPSA) is 78.4 Å². The van der Waals surface area contributed by atoms with Gasteiger partial charge in [0.05, 0.1) is 0 Å². The molecule has 156 valence electrons. The molecule has 0 saturated carbocycles. The summed E-state index contributed by atoms with van der Waals surface area (Å²) < 4.78 is 10.2. The number of halogens is 2. The molecular formula is C18H20Cl2N2O4S2Sn. The molecule has 0 saturated heterocycles. The van der Waals surface area contributed by atoms with Crippen molar-refractivity contribution in [2.45, 2.75) is 37.7 Å². The average Bonchev–Trinajstić information content (AvgIpc) is 2.61. The molecule has 0 aliphatic carbocycles. The Kier molecular flexibility index (Phi) is 9.40. The normalized spacial score (nSPS) is 11.2. The first kappa shape index (κ1) is 24.6. The van der Waals surface area contributed by atoms with Crippen LogP contribution >= 0.6 is 35.7 Å². The first-order valence-corrected chi connectivity index (χ1v) is 24.6. The summed E-state index contributed by atoms with van der Waals surface area (Å²) in [6.45, 7) is 7.58. The number of pyridine rings is 2. The van der Waals surface area contributed by atoms with Gasteiger partial charge in [-0.1, -0.05) is 0 Å². The summed E-state index contributed by atoms with van der Waals surface area (Å²) in [6, 6.07) is 6.75. The summed E-state index contributed by atoms with van der Waals surface area (Å²) in [6.07, 6.45) is 0. The van der Waals surface area contributed by atoms with Crippen LogP contribution < -0.4 is 0 Å². The van der Waals surface area contributed by atoms with Crippen molar-refractivity contribution < 1.29 is 19.1 Å². The van der Waals surface area contributed by atoms with Crippen molar-refractivity contribution in [1.29, 1.82) is 0 Å². The van der Waals surface area contributed by atoms with Crippen LogP contribution in [-0.4, -0.2) is 48.5 Å². The fraction of sp³-hybridized carbons (Fsp3) is 0.333. The van der Waals surface area contributed by atoms with Gasteiger partial charge in [-0.3, -0.25) is 0 Å². The zero-order valence-corrected chi connectivity index (χ0v) is 22.3. The Morgan fingerprint density at radius 1 is 0.862 bits per heavy atom. The average molecular weight is 582 g/mol. The Hall–Kier alpha value is -0.681. The number of nitrogens with zero attached hydrogens (tertiary/aromatic N) is 2. The molecule has 0 spiro atoms. The third kappa shape index (κ3) is 7.20. The molecule has 29 heavy (non-hydrogen) atoms. The molecule has 2 aromatic heterocycles. The zero-order valence-electron chi connectivity index (χ0n) is 16.3. The standard InChI is InChI=1S/2C9H11NO2S.2ClH.Sn/c2*1-3-12-9(11)7-5-4-6(2)10-8(7)13;;;/h2*4-5H,3H2,1-2H3,(H,10,13);2*1H;/q;;;;+4/p-4. The third-order valence-electron chi connectivity index (χ3n) is 3.42. The van der Waals surface area contributed by atoms with Crippen molar-refractivity contribution >= 4 is 61.0 Å². The molecule has 0 bridgehead atoms. The van der Waals surface area contributed by atoms with Crippen LogP contribution in [0.5, 0.6) is 0 Å². The first-order chi connectivity index (χ1) is 13.7. The SMILES string of the molecule is CCOC(=O)c1ccc(C)nc1[S][Sn]([Cl])([Cl])[S]c1nc(C)ccc1C(=O)OCC. The number of aromatic nitrogens is 2. The molecule has 6 nitrogen and oxygen atoms in total. The van der Waals surface area contributed by atoms with E-state index in [1.165, 1.54) is 17.9 Å². The van der Waals surface area contributed by atoms with E-state index in [1.807, 2.05) is 13.8 Å². The van der Waals surface area contributed by atoms with Gasteiger partial charge >= 0.3 is 188 Å². The predicted molar refractivity (Wildman–Crippen MR) is 119 cm³/mol. The maximum absolute atomic E-state index is 12.3. The third-order valence-corrected chi connectivity index (χ3v) is 21.9. The van der Waals surface area contributed by atoms with E-state index in [1.54, 1.807) is 38.1 Å². The minimum atomic E-state index is -4.05. The fourth-order valence-electron chi connectivity index (χ4n) is 2.20.